The Balaban J connectivity index is 2.88. The highest BCUT2D eigenvalue weighted by Gasteiger charge is 2.19. The van der Waals surface area contributed by atoms with Crippen LogP contribution in [0.25, 0.3) is 0 Å². The molecule has 0 saturated heterocycles. The zero-order valence-electron chi connectivity index (χ0n) is 13.6. The summed E-state index contributed by atoms with van der Waals surface area (Å²) in [6.45, 7) is 15.4. The highest BCUT2D eigenvalue weighted by atomic mass is 15.3. The van der Waals surface area contributed by atoms with Crippen molar-refractivity contribution in [3.05, 3.63) is 17.5 Å². The molecule has 1 heterocycles. The summed E-state index contributed by atoms with van der Waals surface area (Å²) < 4.78 is 2.16. The predicted octanol–water partition coefficient (Wildman–Crippen LogP) is 3.94. The van der Waals surface area contributed by atoms with E-state index in [2.05, 4.69) is 62.7 Å². The standard InChI is InChI=1S/C16H31N3/c1-7-13-12-15(19(9-3)18-13)14(17-8-2)10-11-16(4,5)6/h12,14,17H,7-11H2,1-6H3. The molecule has 3 heteroatoms. The lowest BCUT2D eigenvalue weighted by Crippen LogP contribution is -2.25. The fraction of sp³-hybridized carbons (Fsp3) is 0.812. The minimum absolute atomic E-state index is 0.387. The van der Waals surface area contributed by atoms with E-state index in [-0.39, 0.29) is 0 Å². The van der Waals surface area contributed by atoms with Gasteiger partial charge in [-0.25, -0.2) is 0 Å². The summed E-state index contributed by atoms with van der Waals surface area (Å²) >= 11 is 0. The van der Waals surface area contributed by atoms with Crippen molar-refractivity contribution < 1.29 is 0 Å². The molecule has 19 heavy (non-hydrogen) atoms. The first-order valence-corrected chi connectivity index (χ1v) is 7.71. The zero-order chi connectivity index (χ0) is 14.5. The molecule has 0 aliphatic rings. The van der Waals surface area contributed by atoms with Gasteiger partial charge in [0.05, 0.1) is 11.4 Å². The summed E-state index contributed by atoms with van der Waals surface area (Å²) in [5.41, 5.74) is 2.94. The summed E-state index contributed by atoms with van der Waals surface area (Å²) in [6.07, 6.45) is 3.41. The molecular weight excluding hydrogens is 234 g/mol. The van der Waals surface area contributed by atoms with Crippen LogP contribution in [0.5, 0.6) is 0 Å². The van der Waals surface area contributed by atoms with Crippen LogP contribution < -0.4 is 5.32 Å². The van der Waals surface area contributed by atoms with Crippen LogP contribution in [0.4, 0.5) is 0 Å². The molecule has 1 aromatic rings. The zero-order valence-corrected chi connectivity index (χ0v) is 13.6. The van der Waals surface area contributed by atoms with Crippen LogP contribution in [0.15, 0.2) is 6.07 Å². The van der Waals surface area contributed by atoms with Gasteiger partial charge in [-0.2, -0.15) is 5.10 Å². The maximum Gasteiger partial charge on any atom is 0.0625 e. The maximum atomic E-state index is 4.67. The van der Waals surface area contributed by atoms with E-state index in [1.165, 1.54) is 24.2 Å². The first kappa shape index (κ1) is 16.2. The molecule has 0 aliphatic heterocycles. The van der Waals surface area contributed by atoms with Crippen molar-refractivity contribution in [1.82, 2.24) is 15.1 Å². The number of nitrogens with one attached hydrogen (secondary N) is 1. The van der Waals surface area contributed by atoms with E-state index in [0.29, 0.717) is 11.5 Å². The summed E-state index contributed by atoms with van der Waals surface area (Å²) in [5.74, 6) is 0. The number of hydrogen-bond donors (Lipinski definition) is 1. The number of rotatable bonds is 7. The van der Waals surface area contributed by atoms with Crippen molar-refractivity contribution in [2.45, 2.75) is 73.4 Å². The molecule has 0 spiro atoms. The number of aryl methyl sites for hydroxylation is 2. The Morgan fingerprint density at radius 1 is 1.26 bits per heavy atom. The van der Waals surface area contributed by atoms with E-state index in [0.717, 1.165) is 19.5 Å². The highest BCUT2D eigenvalue weighted by Crippen LogP contribution is 2.28. The van der Waals surface area contributed by atoms with Gasteiger partial charge in [-0.3, -0.25) is 4.68 Å². The van der Waals surface area contributed by atoms with Gasteiger partial charge in [-0.1, -0.05) is 34.6 Å². The molecule has 3 nitrogen and oxygen atoms in total. The smallest absolute Gasteiger partial charge is 0.0625 e. The van der Waals surface area contributed by atoms with Crippen molar-refractivity contribution in [2.24, 2.45) is 5.41 Å². The molecule has 1 aromatic heterocycles. The SMILES string of the molecule is CCNC(CCC(C)(C)C)c1cc(CC)nn1CC. The minimum Gasteiger partial charge on any atom is -0.309 e. The van der Waals surface area contributed by atoms with Crippen molar-refractivity contribution in [3.63, 3.8) is 0 Å². The van der Waals surface area contributed by atoms with Crippen LogP contribution >= 0.6 is 0 Å². The minimum atomic E-state index is 0.387. The molecular formula is C16H31N3. The van der Waals surface area contributed by atoms with E-state index in [4.69, 9.17) is 0 Å². The molecule has 0 amide bonds. The second-order valence-corrected chi connectivity index (χ2v) is 6.44. The van der Waals surface area contributed by atoms with E-state index >= 15 is 0 Å². The van der Waals surface area contributed by atoms with Crippen LogP contribution in [0.3, 0.4) is 0 Å². The number of aromatic nitrogens is 2. The number of nitrogens with zero attached hydrogens (tertiary/aromatic N) is 2. The lowest BCUT2D eigenvalue weighted by Gasteiger charge is -2.24. The van der Waals surface area contributed by atoms with E-state index in [1.807, 2.05) is 0 Å². The molecule has 1 N–H and O–H groups in total. The van der Waals surface area contributed by atoms with E-state index in [9.17, 15) is 0 Å². The Kier molecular flexibility index (Phi) is 6.05. The van der Waals surface area contributed by atoms with Crippen LogP contribution in [-0.2, 0) is 13.0 Å². The highest BCUT2D eigenvalue weighted by molar-refractivity contribution is 5.14. The third kappa shape index (κ3) is 4.98. The van der Waals surface area contributed by atoms with Gasteiger partial charge < -0.3 is 5.32 Å². The Morgan fingerprint density at radius 2 is 1.95 bits per heavy atom. The molecule has 1 rings (SSSR count). The number of hydrogen-bond acceptors (Lipinski definition) is 2. The predicted molar refractivity (Wildman–Crippen MR) is 82.4 cm³/mol. The average molecular weight is 265 g/mol. The third-order valence-corrected chi connectivity index (χ3v) is 3.51. The molecule has 110 valence electrons. The van der Waals surface area contributed by atoms with Crippen LogP contribution in [0.1, 0.15) is 71.8 Å². The molecule has 0 aliphatic carbocycles. The summed E-state index contributed by atoms with van der Waals surface area (Å²) in [4.78, 5) is 0. The maximum absolute atomic E-state index is 4.67. The first-order valence-electron chi connectivity index (χ1n) is 7.71. The van der Waals surface area contributed by atoms with Gasteiger partial charge in [0.15, 0.2) is 0 Å². The summed E-state index contributed by atoms with van der Waals surface area (Å²) in [5, 5.41) is 8.29. The van der Waals surface area contributed by atoms with Crippen molar-refractivity contribution in [3.8, 4) is 0 Å². The molecule has 1 atom stereocenters. The van der Waals surface area contributed by atoms with Crippen LogP contribution in [-0.4, -0.2) is 16.3 Å². The second kappa shape index (κ2) is 7.09. The third-order valence-electron chi connectivity index (χ3n) is 3.51. The van der Waals surface area contributed by atoms with Gasteiger partial charge in [0.2, 0.25) is 0 Å². The van der Waals surface area contributed by atoms with Crippen molar-refractivity contribution in [2.75, 3.05) is 6.54 Å². The molecule has 0 fully saturated rings. The van der Waals surface area contributed by atoms with Crippen LogP contribution in [0, 0.1) is 5.41 Å². The summed E-state index contributed by atoms with van der Waals surface area (Å²) in [6, 6.07) is 2.71. The van der Waals surface area contributed by atoms with Gasteiger partial charge >= 0.3 is 0 Å². The van der Waals surface area contributed by atoms with Gasteiger partial charge in [-0.05, 0) is 44.2 Å². The van der Waals surface area contributed by atoms with E-state index < -0.39 is 0 Å². The van der Waals surface area contributed by atoms with Gasteiger partial charge in [-0.15, -0.1) is 0 Å². The quantitative estimate of drug-likeness (QED) is 0.809. The molecule has 0 saturated carbocycles. The molecule has 1 unspecified atom stereocenters. The van der Waals surface area contributed by atoms with Gasteiger partial charge in [0, 0.05) is 12.6 Å². The lowest BCUT2D eigenvalue weighted by molar-refractivity contribution is 0.327. The monoisotopic (exact) mass is 265 g/mol. The normalized spacial score (nSPS) is 13.8. The topological polar surface area (TPSA) is 29.9 Å². The largest absolute Gasteiger partial charge is 0.309 e. The molecule has 0 radical (unpaired) electrons. The first-order chi connectivity index (χ1) is 8.91. The van der Waals surface area contributed by atoms with Gasteiger partial charge in [0.1, 0.15) is 0 Å². The van der Waals surface area contributed by atoms with E-state index in [1.54, 1.807) is 0 Å². The Bertz CT molecular complexity index is 374. The summed E-state index contributed by atoms with van der Waals surface area (Å²) in [7, 11) is 0. The molecule has 0 bridgehead atoms. The Morgan fingerprint density at radius 3 is 2.42 bits per heavy atom. The average Bonchev–Trinajstić information content (AvgIpc) is 2.76. The van der Waals surface area contributed by atoms with Gasteiger partial charge in [0.25, 0.3) is 0 Å². The van der Waals surface area contributed by atoms with Crippen molar-refractivity contribution >= 4 is 0 Å². The second-order valence-electron chi connectivity index (χ2n) is 6.44. The Labute approximate surface area is 118 Å². The molecule has 0 aromatic carbocycles. The Hall–Kier alpha value is -0.830. The van der Waals surface area contributed by atoms with Crippen molar-refractivity contribution in [1.29, 1.82) is 0 Å². The fourth-order valence-electron chi connectivity index (χ4n) is 2.37. The van der Waals surface area contributed by atoms with Crippen LogP contribution in [0.2, 0.25) is 0 Å². The fourth-order valence-corrected chi connectivity index (χ4v) is 2.37. The lowest BCUT2D eigenvalue weighted by atomic mass is 9.88.